The van der Waals surface area contributed by atoms with Crippen LogP contribution in [0.15, 0.2) is 72.9 Å². The van der Waals surface area contributed by atoms with Gasteiger partial charge in [0.1, 0.15) is 5.69 Å². The van der Waals surface area contributed by atoms with Crippen molar-refractivity contribution >= 4 is 17.3 Å². The number of amides is 1. The Labute approximate surface area is 160 Å². The van der Waals surface area contributed by atoms with E-state index in [4.69, 9.17) is 0 Å². The topological polar surface area (TPSA) is 45.2 Å². The number of pyridine rings is 1. The van der Waals surface area contributed by atoms with Gasteiger partial charge in [0.05, 0.1) is 11.9 Å². The third-order valence-corrected chi connectivity index (χ3v) is 4.46. The van der Waals surface area contributed by atoms with Crippen molar-refractivity contribution in [2.75, 3.05) is 12.4 Å². The van der Waals surface area contributed by atoms with E-state index in [0.717, 1.165) is 16.9 Å². The van der Waals surface area contributed by atoms with Crippen LogP contribution in [0.25, 0.3) is 0 Å². The largest absolute Gasteiger partial charge is 0.354 e. The number of hydrogen-bond donors (Lipinski definition) is 1. The van der Waals surface area contributed by atoms with E-state index >= 15 is 0 Å². The number of nitrogens with one attached hydrogen (secondary N) is 1. The molecule has 4 nitrogen and oxygen atoms in total. The molecule has 0 aliphatic heterocycles. The average Bonchev–Trinajstić information content (AvgIpc) is 2.69. The minimum atomic E-state index is -0.0910. The summed E-state index contributed by atoms with van der Waals surface area (Å²) in [6.07, 6.45) is 1.69. The average molecular weight is 359 g/mol. The van der Waals surface area contributed by atoms with E-state index in [-0.39, 0.29) is 5.91 Å². The van der Waals surface area contributed by atoms with Crippen molar-refractivity contribution in [2.24, 2.45) is 0 Å². The number of hydrogen-bond acceptors (Lipinski definition) is 3. The summed E-state index contributed by atoms with van der Waals surface area (Å²) in [4.78, 5) is 18.6. The Kier molecular flexibility index (Phi) is 5.87. The van der Waals surface area contributed by atoms with Crippen molar-refractivity contribution < 1.29 is 4.79 Å². The number of aromatic nitrogens is 1. The highest BCUT2D eigenvalue weighted by Gasteiger charge is 2.13. The molecular weight excluding hydrogens is 334 g/mol. The Hall–Kier alpha value is -3.14. The van der Waals surface area contributed by atoms with Gasteiger partial charge in [0.2, 0.25) is 0 Å². The highest BCUT2D eigenvalue weighted by atomic mass is 16.2. The van der Waals surface area contributed by atoms with E-state index in [2.05, 4.69) is 48.4 Å². The van der Waals surface area contributed by atoms with Crippen molar-refractivity contribution in [1.29, 1.82) is 0 Å². The van der Waals surface area contributed by atoms with Crippen molar-refractivity contribution in [1.82, 2.24) is 9.88 Å². The van der Waals surface area contributed by atoms with Crippen LogP contribution in [0.4, 0.5) is 11.4 Å². The zero-order valence-corrected chi connectivity index (χ0v) is 16.0. The minimum Gasteiger partial charge on any atom is -0.354 e. The van der Waals surface area contributed by atoms with E-state index in [1.165, 1.54) is 5.56 Å². The molecule has 0 bridgehead atoms. The van der Waals surface area contributed by atoms with Gasteiger partial charge in [0.25, 0.3) is 5.91 Å². The van der Waals surface area contributed by atoms with Gasteiger partial charge in [-0.3, -0.25) is 4.79 Å². The van der Waals surface area contributed by atoms with Crippen LogP contribution in [-0.4, -0.2) is 22.8 Å². The van der Waals surface area contributed by atoms with Gasteiger partial charge in [-0.2, -0.15) is 0 Å². The molecule has 27 heavy (non-hydrogen) atoms. The van der Waals surface area contributed by atoms with E-state index < -0.39 is 0 Å². The maximum Gasteiger partial charge on any atom is 0.272 e. The second kappa shape index (κ2) is 8.49. The fourth-order valence-corrected chi connectivity index (χ4v) is 2.84. The van der Waals surface area contributed by atoms with Gasteiger partial charge < -0.3 is 10.2 Å². The van der Waals surface area contributed by atoms with E-state index in [1.807, 2.05) is 36.4 Å². The Balaban J connectivity index is 1.63. The molecule has 0 radical (unpaired) electrons. The van der Waals surface area contributed by atoms with Crippen LogP contribution in [0, 0.1) is 0 Å². The molecule has 0 aliphatic rings. The van der Waals surface area contributed by atoms with Gasteiger partial charge in [-0.25, -0.2) is 4.98 Å². The Bertz CT molecular complexity index is 872. The summed E-state index contributed by atoms with van der Waals surface area (Å²) >= 11 is 0. The first-order chi connectivity index (χ1) is 13.0. The Morgan fingerprint density at radius 2 is 1.63 bits per heavy atom. The van der Waals surface area contributed by atoms with Gasteiger partial charge in [-0.05, 0) is 41.3 Å². The van der Waals surface area contributed by atoms with E-state index in [9.17, 15) is 4.79 Å². The first-order valence-electron chi connectivity index (χ1n) is 9.15. The van der Waals surface area contributed by atoms with Crippen molar-refractivity contribution in [2.45, 2.75) is 26.3 Å². The molecule has 0 saturated heterocycles. The normalized spacial score (nSPS) is 10.7. The third-order valence-electron chi connectivity index (χ3n) is 4.46. The second-order valence-electron chi connectivity index (χ2n) is 6.98. The van der Waals surface area contributed by atoms with Crippen molar-refractivity contribution in [3.05, 3.63) is 89.7 Å². The molecule has 3 aromatic rings. The van der Waals surface area contributed by atoms with Gasteiger partial charge in [0, 0.05) is 19.3 Å². The summed E-state index contributed by atoms with van der Waals surface area (Å²) in [6.45, 7) is 4.91. The molecule has 2 aromatic carbocycles. The number of benzene rings is 2. The maximum absolute atomic E-state index is 12.6. The molecule has 0 fully saturated rings. The first-order valence-corrected chi connectivity index (χ1v) is 9.15. The summed E-state index contributed by atoms with van der Waals surface area (Å²) in [7, 11) is 1.79. The minimum absolute atomic E-state index is 0.0910. The Morgan fingerprint density at radius 1 is 0.963 bits per heavy atom. The van der Waals surface area contributed by atoms with Crippen molar-refractivity contribution in [3.63, 3.8) is 0 Å². The maximum atomic E-state index is 12.6. The van der Waals surface area contributed by atoms with Gasteiger partial charge in [0.15, 0.2) is 0 Å². The van der Waals surface area contributed by atoms with Gasteiger partial charge >= 0.3 is 0 Å². The van der Waals surface area contributed by atoms with E-state index in [1.54, 1.807) is 24.2 Å². The standard InChI is InChI=1S/C23H25N3O/c1-17(2)19-9-11-20(12-10-19)25-21-13-14-22(24-15-21)23(27)26(3)16-18-7-5-4-6-8-18/h4-15,17,25H,16H2,1-3H3. The monoisotopic (exact) mass is 359 g/mol. The molecular formula is C23H25N3O. The zero-order chi connectivity index (χ0) is 19.2. The lowest BCUT2D eigenvalue weighted by Crippen LogP contribution is -2.26. The van der Waals surface area contributed by atoms with Crippen LogP contribution < -0.4 is 5.32 Å². The molecule has 3 rings (SSSR count). The number of carbonyl (C=O) groups excluding carboxylic acids is 1. The van der Waals surface area contributed by atoms with Gasteiger partial charge in [-0.1, -0.05) is 56.3 Å². The molecule has 1 amide bonds. The molecule has 0 saturated carbocycles. The lowest BCUT2D eigenvalue weighted by Gasteiger charge is -2.17. The molecule has 0 unspecified atom stereocenters. The highest BCUT2D eigenvalue weighted by molar-refractivity contribution is 5.92. The predicted octanol–water partition coefficient (Wildman–Crippen LogP) is 5.22. The SMILES string of the molecule is CC(C)c1ccc(Nc2ccc(C(=O)N(C)Cc3ccccc3)nc2)cc1. The number of rotatable bonds is 6. The lowest BCUT2D eigenvalue weighted by atomic mass is 10.0. The Morgan fingerprint density at radius 3 is 2.22 bits per heavy atom. The number of anilines is 2. The quantitative estimate of drug-likeness (QED) is 0.656. The van der Waals surface area contributed by atoms with Crippen LogP contribution in [-0.2, 0) is 6.54 Å². The summed E-state index contributed by atoms with van der Waals surface area (Å²) in [5.74, 6) is 0.422. The highest BCUT2D eigenvalue weighted by Crippen LogP contribution is 2.20. The summed E-state index contributed by atoms with van der Waals surface area (Å²) < 4.78 is 0. The molecule has 4 heteroatoms. The van der Waals surface area contributed by atoms with Crippen LogP contribution in [0.2, 0.25) is 0 Å². The predicted molar refractivity (Wildman–Crippen MR) is 110 cm³/mol. The van der Waals surface area contributed by atoms with Crippen LogP contribution >= 0.6 is 0 Å². The van der Waals surface area contributed by atoms with Crippen LogP contribution in [0.3, 0.4) is 0 Å². The molecule has 0 spiro atoms. The molecule has 1 N–H and O–H groups in total. The first kappa shape index (κ1) is 18.6. The smallest absolute Gasteiger partial charge is 0.272 e. The van der Waals surface area contributed by atoms with Crippen molar-refractivity contribution in [3.8, 4) is 0 Å². The third kappa shape index (κ3) is 4.94. The summed E-state index contributed by atoms with van der Waals surface area (Å²) in [5.41, 5.74) is 4.70. The number of nitrogens with zero attached hydrogens (tertiary/aromatic N) is 2. The van der Waals surface area contributed by atoms with E-state index in [0.29, 0.717) is 18.2 Å². The zero-order valence-electron chi connectivity index (χ0n) is 16.0. The van der Waals surface area contributed by atoms with Crippen LogP contribution in [0.1, 0.15) is 41.4 Å². The molecule has 0 atom stereocenters. The summed E-state index contributed by atoms with van der Waals surface area (Å²) in [5, 5.41) is 3.32. The van der Waals surface area contributed by atoms with Crippen LogP contribution in [0.5, 0.6) is 0 Å². The molecule has 1 heterocycles. The second-order valence-corrected chi connectivity index (χ2v) is 6.98. The lowest BCUT2D eigenvalue weighted by molar-refractivity contribution is 0.0779. The molecule has 138 valence electrons. The summed E-state index contributed by atoms with van der Waals surface area (Å²) in [6, 6.07) is 21.9. The number of carbonyl (C=O) groups is 1. The molecule has 0 aliphatic carbocycles. The fourth-order valence-electron chi connectivity index (χ4n) is 2.84. The molecule has 1 aromatic heterocycles. The van der Waals surface area contributed by atoms with Gasteiger partial charge in [-0.15, -0.1) is 0 Å². The fraction of sp³-hybridized carbons (Fsp3) is 0.217.